The van der Waals surface area contributed by atoms with Gasteiger partial charge in [-0.15, -0.1) is 0 Å². The van der Waals surface area contributed by atoms with Crippen LogP contribution in [0.2, 0.25) is 0 Å². The predicted octanol–water partition coefficient (Wildman–Crippen LogP) is 3.45. The molecule has 0 spiro atoms. The molecule has 2 aromatic carbocycles. The molecular formula is C26H35N5O4S. The predicted molar refractivity (Wildman–Crippen MR) is 139 cm³/mol. The maximum atomic E-state index is 13.0. The quantitative estimate of drug-likeness (QED) is 0.340. The Morgan fingerprint density at radius 3 is 2.61 bits per heavy atom. The highest BCUT2D eigenvalue weighted by atomic mass is 32.2. The molecule has 0 fully saturated rings. The number of H-pyrrole nitrogens is 1. The molecule has 3 aromatic rings. The van der Waals surface area contributed by atoms with Gasteiger partial charge in [0.2, 0.25) is 16.8 Å². The molecule has 0 saturated heterocycles. The molecule has 0 bridgehead atoms. The van der Waals surface area contributed by atoms with Crippen LogP contribution in [0, 0.1) is 0 Å². The number of benzene rings is 2. The minimum Gasteiger partial charge on any atom is -0.454 e. The van der Waals surface area contributed by atoms with Gasteiger partial charge in [0.1, 0.15) is 5.82 Å². The molecule has 0 aliphatic carbocycles. The monoisotopic (exact) mass is 513 g/mol. The first-order chi connectivity index (χ1) is 17.5. The number of rotatable bonds is 14. The third-order valence-corrected chi connectivity index (χ3v) is 7.81. The minimum atomic E-state index is -3.50. The lowest BCUT2D eigenvalue weighted by atomic mass is 10.1. The third kappa shape index (κ3) is 7.28. The van der Waals surface area contributed by atoms with E-state index in [4.69, 9.17) is 9.47 Å². The van der Waals surface area contributed by atoms with E-state index in [1.165, 1.54) is 0 Å². The molecule has 0 amide bonds. The number of aromatic amines is 1. The Morgan fingerprint density at radius 1 is 1.06 bits per heavy atom. The van der Waals surface area contributed by atoms with E-state index in [9.17, 15) is 8.42 Å². The van der Waals surface area contributed by atoms with Crippen molar-refractivity contribution >= 4 is 10.0 Å². The molecule has 0 saturated carbocycles. The van der Waals surface area contributed by atoms with Crippen LogP contribution in [0.1, 0.15) is 55.5 Å². The van der Waals surface area contributed by atoms with Gasteiger partial charge in [0.05, 0.1) is 11.8 Å². The summed E-state index contributed by atoms with van der Waals surface area (Å²) in [7, 11) is -3.50. The van der Waals surface area contributed by atoms with Crippen LogP contribution < -0.4 is 14.2 Å². The highest BCUT2D eigenvalue weighted by Gasteiger charge is 2.24. The van der Waals surface area contributed by atoms with Crippen molar-refractivity contribution < 1.29 is 17.9 Å². The van der Waals surface area contributed by atoms with Crippen LogP contribution in [0.4, 0.5) is 0 Å². The first-order valence-electron chi connectivity index (χ1n) is 12.5. The van der Waals surface area contributed by atoms with Gasteiger partial charge in [-0.3, -0.25) is 5.10 Å². The van der Waals surface area contributed by atoms with Crippen LogP contribution in [0.25, 0.3) is 0 Å². The number of aromatic nitrogens is 3. The smallest absolute Gasteiger partial charge is 0.231 e. The van der Waals surface area contributed by atoms with E-state index in [2.05, 4.69) is 38.7 Å². The number of hydrogen-bond donors (Lipinski definition) is 2. The molecule has 1 aromatic heterocycles. The van der Waals surface area contributed by atoms with E-state index < -0.39 is 16.1 Å². The largest absolute Gasteiger partial charge is 0.454 e. The van der Waals surface area contributed by atoms with Crippen molar-refractivity contribution in [2.75, 3.05) is 32.2 Å². The fourth-order valence-corrected chi connectivity index (χ4v) is 5.56. The Bertz CT molecular complexity index is 1210. The van der Waals surface area contributed by atoms with Crippen molar-refractivity contribution in [1.29, 1.82) is 0 Å². The van der Waals surface area contributed by atoms with Gasteiger partial charge in [-0.1, -0.05) is 50.2 Å². The molecule has 1 aliphatic heterocycles. The van der Waals surface area contributed by atoms with Gasteiger partial charge in [-0.05, 0) is 62.2 Å². The highest BCUT2D eigenvalue weighted by molar-refractivity contribution is 7.89. The van der Waals surface area contributed by atoms with Gasteiger partial charge in [0.25, 0.3) is 0 Å². The number of ether oxygens (including phenoxy) is 2. The lowest BCUT2D eigenvalue weighted by molar-refractivity contribution is 0.174. The van der Waals surface area contributed by atoms with Gasteiger partial charge in [0, 0.05) is 6.42 Å². The summed E-state index contributed by atoms with van der Waals surface area (Å²) in [6, 6.07) is 15.3. The first kappa shape index (κ1) is 26.1. The fourth-order valence-electron chi connectivity index (χ4n) is 4.28. The Hall–Kier alpha value is -2.95. The zero-order chi connectivity index (χ0) is 25.4. The van der Waals surface area contributed by atoms with Gasteiger partial charge in [-0.25, -0.2) is 18.1 Å². The van der Waals surface area contributed by atoms with E-state index >= 15 is 0 Å². The standard InChI is InChI=1S/C26H35N5O4S/c1-3-31(4-2)15-8-16-36(32,33)30-22(13-11-20-9-6-5-7-10-20)26-27-25(28-29-26)18-21-12-14-23-24(17-21)35-19-34-23/h5-7,9-10,12,14,17,22,30H,3-4,8,11,13,15-16,18-19H2,1-2H3,(H,27,28,29)/t22-/m1/s1. The maximum absolute atomic E-state index is 13.0. The SMILES string of the molecule is CCN(CC)CCCS(=O)(=O)N[C@H](CCc1ccccc1)c1n[nH]c(Cc2ccc3c(c2)OCO3)n1. The van der Waals surface area contributed by atoms with Gasteiger partial charge in [0.15, 0.2) is 17.3 Å². The number of nitrogens with zero attached hydrogens (tertiary/aromatic N) is 3. The molecule has 0 unspecified atom stereocenters. The second kappa shape index (κ2) is 12.3. The molecule has 4 rings (SSSR count). The van der Waals surface area contributed by atoms with E-state index in [1.807, 2.05) is 48.5 Å². The average molecular weight is 514 g/mol. The van der Waals surface area contributed by atoms with E-state index in [-0.39, 0.29) is 12.5 Å². The number of sulfonamides is 1. The molecule has 36 heavy (non-hydrogen) atoms. The summed E-state index contributed by atoms with van der Waals surface area (Å²) in [5, 5.41) is 7.37. The summed E-state index contributed by atoms with van der Waals surface area (Å²) in [5.74, 6) is 2.63. The molecule has 1 aliphatic rings. The zero-order valence-electron chi connectivity index (χ0n) is 20.9. The van der Waals surface area contributed by atoms with Crippen LogP contribution in [-0.2, 0) is 22.9 Å². The summed E-state index contributed by atoms with van der Waals surface area (Å²) < 4.78 is 39.6. The molecule has 10 heteroatoms. The van der Waals surface area contributed by atoms with E-state index in [0.717, 1.165) is 36.5 Å². The van der Waals surface area contributed by atoms with Crippen LogP contribution in [-0.4, -0.2) is 60.7 Å². The maximum Gasteiger partial charge on any atom is 0.231 e. The van der Waals surface area contributed by atoms with Crippen molar-refractivity contribution in [3.05, 3.63) is 71.3 Å². The second-order valence-corrected chi connectivity index (χ2v) is 10.8. The second-order valence-electron chi connectivity index (χ2n) is 8.90. The number of hydrogen-bond acceptors (Lipinski definition) is 7. The first-order valence-corrected chi connectivity index (χ1v) is 14.2. The van der Waals surface area contributed by atoms with Gasteiger partial charge >= 0.3 is 0 Å². The molecular weight excluding hydrogens is 478 g/mol. The van der Waals surface area contributed by atoms with Crippen molar-refractivity contribution in [3.8, 4) is 11.5 Å². The highest BCUT2D eigenvalue weighted by Crippen LogP contribution is 2.33. The van der Waals surface area contributed by atoms with Crippen molar-refractivity contribution in [2.24, 2.45) is 0 Å². The number of aryl methyl sites for hydroxylation is 1. The lowest BCUT2D eigenvalue weighted by Gasteiger charge is -2.19. The van der Waals surface area contributed by atoms with Crippen molar-refractivity contribution in [1.82, 2.24) is 24.8 Å². The van der Waals surface area contributed by atoms with Crippen molar-refractivity contribution in [2.45, 2.75) is 45.6 Å². The Kier molecular flexibility index (Phi) is 8.95. The summed E-state index contributed by atoms with van der Waals surface area (Å²) in [4.78, 5) is 6.88. The van der Waals surface area contributed by atoms with Crippen LogP contribution in [0.3, 0.4) is 0 Å². The molecule has 0 radical (unpaired) electrons. The molecule has 9 nitrogen and oxygen atoms in total. The lowest BCUT2D eigenvalue weighted by Crippen LogP contribution is -2.33. The number of nitrogens with one attached hydrogen (secondary N) is 2. The average Bonchev–Trinajstić information content (AvgIpc) is 3.54. The van der Waals surface area contributed by atoms with Crippen LogP contribution in [0.5, 0.6) is 11.5 Å². The van der Waals surface area contributed by atoms with E-state index in [0.29, 0.717) is 43.1 Å². The third-order valence-electron chi connectivity index (χ3n) is 6.34. The molecule has 2 heterocycles. The Balaban J connectivity index is 1.44. The summed E-state index contributed by atoms with van der Waals surface area (Å²) in [6.07, 6.45) is 2.36. The Labute approximate surface area is 213 Å². The fraction of sp³-hybridized carbons (Fsp3) is 0.462. The van der Waals surface area contributed by atoms with E-state index in [1.54, 1.807) is 0 Å². The molecule has 2 N–H and O–H groups in total. The van der Waals surface area contributed by atoms with Gasteiger partial charge < -0.3 is 14.4 Å². The minimum absolute atomic E-state index is 0.0693. The Morgan fingerprint density at radius 2 is 1.83 bits per heavy atom. The van der Waals surface area contributed by atoms with Crippen LogP contribution >= 0.6 is 0 Å². The number of fused-ring (bicyclic) bond motifs is 1. The summed E-state index contributed by atoms with van der Waals surface area (Å²) in [5.41, 5.74) is 2.14. The van der Waals surface area contributed by atoms with Gasteiger partial charge in [-0.2, -0.15) is 5.10 Å². The topological polar surface area (TPSA) is 109 Å². The molecule has 194 valence electrons. The normalized spacial score (nSPS) is 13.9. The molecule has 1 atom stereocenters. The summed E-state index contributed by atoms with van der Waals surface area (Å²) >= 11 is 0. The van der Waals surface area contributed by atoms with Crippen molar-refractivity contribution in [3.63, 3.8) is 0 Å². The van der Waals surface area contributed by atoms with Crippen LogP contribution in [0.15, 0.2) is 48.5 Å². The summed E-state index contributed by atoms with van der Waals surface area (Å²) in [6.45, 7) is 6.97. The zero-order valence-corrected chi connectivity index (χ0v) is 21.8.